The van der Waals surface area contributed by atoms with Crippen LogP contribution in [-0.2, 0) is 6.42 Å². The molecule has 0 radical (unpaired) electrons. The number of aryl methyl sites for hydroxylation is 1. The van der Waals surface area contributed by atoms with Crippen LogP contribution in [0.5, 0.6) is 0 Å². The summed E-state index contributed by atoms with van der Waals surface area (Å²) in [6.45, 7) is 8.55. The van der Waals surface area contributed by atoms with Gasteiger partial charge < -0.3 is 5.73 Å². The van der Waals surface area contributed by atoms with E-state index in [4.69, 9.17) is 5.73 Å². The topological polar surface area (TPSA) is 43.8 Å². The van der Waals surface area contributed by atoms with Crippen molar-refractivity contribution >= 4 is 5.69 Å². The van der Waals surface area contributed by atoms with Gasteiger partial charge >= 0.3 is 0 Å². The molecule has 0 saturated heterocycles. The molecule has 18 heavy (non-hydrogen) atoms. The molecule has 0 saturated carbocycles. The van der Waals surface area contributed by atoms with Gasteiger partial charge in [0.2, 0.25) is 0 Å². The van der Waals surface area contributed by atoms with Gasteiger partial charge in [-0.1, -0.05) is 12.1 Å². The summed E-state index contributed by atoms with van der Waals surface area (Å²) in [5.74, 6) is 0. The highest BCUT2D eigenvalue weighted by molar-refractivity contribution is 5.41. The van der Waals surface area contributed by atoms with E-state index in [1.807, 2.05) is 12.1 Å². The number of nitrogen functional groups attached to an aromatic ring is 1. The molecule has 3 heteroatoms. The van der Waals surface area contributed by atoms with Gasteiger partial charge in [-0.3, -0.25) is 4.68 Å². The summed E-state index contributed by atoms with van der Waals surface area (Å²) in [5, 5.41) is 4.62. The molecular weight excluding hydrogens is 222 g/mol. The first-order chi connectivity index (χ1) is 8.49. The van der Waals surface area contributed by atoms with Gasteiger partial charge in [0, 0.05) is 29.4 Å². The first kappa shape index (κ1) is 12.7. The third-order valence-corrected chi connectivity index (χ3v) is 3.32. The second kappa shape index (κ2) is 4.84. The summed E-state index contributed by atoms with van der Waals surface area (Å²) < 4.78 is 2.10. The third-order valence-electron chi connectivity index (χ3n) is 3.32. The van der Waals surface area contributed by atoms with Crippen molar-refractivity contribution in [2.24, 2.45) is 0 Å². The van der Waals surface area contributed by atoms with Gasteiger partial charge in [0.05, 0.1) is 5.69 Å². The summed E-state index contributed by atoms with van der Waals surface area (Å²) in [7, 11) is 0. The minimum atomic E-state index is 0.406. The minimum Gasteiger partial charge on any atom is -0.399 e. The summed E-state index contributed by atoms with van der Waals surface area (Å²) >= 11 is 0. The Morgan fingerprint density at radius 2 is 1.78 bits per heavy atom. The largest absolute Gasteiger partial charge is 0.399 e. The average molecular weight is 243 g/mol. The zero-order valence-electron chi connectivity index (χ0n) is 11.6. The monoisotopic (exact) mass is 243 g/mol. The van der Waals surface area contributed by atoms with Crippen molar-refractivity contribution in [1.82, 2.24) is 9.78 Å². The highest BCUT2D eigenvalue weighted by Crippen LogP contribution is 2.21. The van der Waals surface area contributed by atoms with Crippen LogP contribution in [0.2, 0.25) is 0 Å². The lowest BCUT2D eigenvalue weighted by molar-refractivity contribution is 0.516. The van der Waals surface area contributed by atoms with Crippen LogP contribution in [0.15, 0.2) is 24.3 Å². The van der Waals surface area contributed by atoms with Crippen molar-refractivity contribution < 1.29 is 0 Å². The van der Waals surface area contributed by atoms with Gasteiger partial charge in [0.15, 0.2) is 0 Å². The predicted molar refractivity (Wildman–Crippen MR) is 75.7 cm³/mol. The number of nitrogens with two attached hydrogens (primary N) is 1. The summed E-state index contributed by atoms with van der Waals surface area (Å²) in [6.07, 6.45) is 0.921. The molecule has 0 aliphatic rings. The maximum Gasteiger partial charge on any atom is 0.0631 e. The average Bonchev–Trinajstić information content (AvgIpc) is 2.60. The lowest BCUT2D eigenvalue weighted by Crippen LogP contribution is -2.05. The fourth-order valence-electron chi connectivity index (χ4n) is 2.30. The molecule has 2 aromatic rings. The number of anilines is 1. The zero-order valence-corrected chi connectivity index (χ0v) is 11.6. The molecule has 0 unspecified atom stereocenters. The Labute approximate surface area is 109 Å². The maximum atomic E-state index is 5.71. The molecule has 96 valence electrons. The SMILES string of the molecule is Cc1nn(C(C)C)c(C)c1Cc1ccc(N)cc1. The number of nitrogens with zero attached hydrogens (tertiary/aromatic N) is 2. The molecule has 0 bridgehead atoms. The quantitative estimate of drug-likeness (QED) is 0.841. The molecule has 0 aliphatic heterocycles. The Morgan fingerprint density at radius 1 is 1.17 bits per heavy atom. The van der Waals surface area contributed by atoms with Gasteiger partial charge in [0.1, 0.15) is 0 Å². The second-order valence-corrected chi connectivity index (χ2v) is 5.11. The molecule has 0 aliphatic carbocycles. The zero-order chi connectivity index (χ0) is 13.3. The van der Waals surface area contributed by atoms with Crippen LogP contribution in [-0.4, -0.2) is 9.78 Å². The molecule has 2 rings (SSSR count). The Hall–Kier alpha value is -1.77. The van der Waals surface area contributed by atoms with Crippen LogP contribution in [0.1, 0.15) is 42.4 Å². The van der Waals surface area contributed by atoms with Crippen LogP contribution >= 0.6 is 0 Å². The van der Waals surface area contributed by atoms with Crippen molar-refractivity contribution in [2.45, 2.75) is 40.2 Å². The number of aromatic nitrogens is 2. The molecule has 0 amide bonds. The third kappa shape index (κ3) is 2.40. The van der Waals surface area contributed by atoms with E-state index in [2.05, 4.69) is 49.6 Å². The Balaban J connectivity index is 2.32. The molecule has 1 aromatic heterocycles. The van der Waals surface area contributed by atoms with Crippen molar-refractivity contribution in [2.75, 3.05) is 5.73 Å². The van der Waals surface area contributed by atoms with Crippen LogP contribution < -0.4 is 5.73 Å². The molecule has 2 N–H and O–H groups in total. The normalized spacial score (nSPS) is 11.2. The van der Waals surface area contributed by atoms with Crippen molar-refractivity contribution in [3.63, 3.8) is 0 Å². The fourth-order valence-corrected chi connectivity index (χ4v) is 2.30. The first-order valence-corrected chi connectivity index (χ1v) is 6.38. The highest BCUT2D eigenvalue weighted by Gasteiger charge is 2.13. The predicted octanol–water partition coefficient (Wildman–Crippen LogP) is 3.25. The van der Waals surface area contributed by atoms with Gasteiger partial charge in [-0.05, 0) is 45.4 Å². The van der Waals surface area contributed by atoms with Crippen LogP contribution in [0.3, 0.4) is 0 Å². The van der Waals surface area contributed by atoms with E-state index in [1.54, 1.807) is 0 Å². The minimum absolute atomic E-state index is 0.406. The highest BCUT2D eigenvalue weighted by atomic mass is 15.3. The molecule has 3 nitrogen and oxygen atoms in total. The van der Waals surface area contributed by atoms with E-state index in [9.17, 15) is 0 Å². The first-order valence-electron chi connectivity index (χ1n) is 6.38. The van der Waals surface area contributed by atoms with Crippen molar-refractivity contribution in [1.29, 1.82) is 0 Å². The Bertz CT molecular complexity index is 536. The van der Waals surface area contributed by atoms with E-state index in [1.165, 1.54) is 16.8 Å². The van der Waals surface area contributed by atoms with E-state index in [0.717, 1.165) is 17.8 Å². The van der Waals surface area contributed by atoms with E-state index < -0.39 is 0 Å². The lowest BCUT2D eigenvalue weighted by atomic mass is 10.0. The molecule has 0 fully saturated rings. The molecule has 0 spiro atoms. The van der Waals surface area contributed by atoms with Gasteiger partial charge in [-0.2, -0.15) is 5.10 Å². The van der Waals surface area contributed by atoms with Crippen LogP contribution in [0.25, 0.3) is 0 Å². The van der Waals surface area contributed by atoms with Gasteiger partial charge in [-0.25, -0.2) is 0 Å². The van der Waals surface area contributed by atoms with Crippen LogP contribution in [0, 0.1) is 13.8 Å². The smallest absolute Gasteiger partial charge is 0.0631 e. The lowest BCUT2D eigenvalue weighted by Gasteiger charge is -2.09. The van der Waals surface area contributed by atoms with E-state index >= 15 is 0 Å². The van der Waals surface area contributed by atoms with E-state index in [0.29, 0.717) is 6.04 Å². The molecule has 1 heterocycles. The maximum absolute atomic E-state index is 5.71. The van der Waals surface area contributed by atoms with Crippen LogP contribution in [0.4, 0.5) is 5.69 Å². The Kier molecular flexibility index (Phi) is 3.41. The molecule has 0 atom stereocenters. The number of hydrogen-bond acceptors (Lipinski definition) is 2. The number of hydrogen-bond donors (Lipinski definition) is 1. The second-order valence-electron chi connectivity index (χ2n) is 5.11. The fraction of sp³-hybridized carbons (Fsp3) is 0.400. The van der Waals surface area contributed by atoms with Gasteiger partial charge in [-0.15, -0.1) is 0 Å². The van der Waals surface area contributed by atoms with Gasteiger partial charge in [0.25, 0.3) is 0 Å². The standard InChI is InChI=1S/C15H21N3/c1-10(2)18-12(4)15(11(3)17-18)9-13-5-7-14(16)8-6-13/h5-8,10H,9,16H2,1-4H3. The van der Waals surface area contributed by atoms with E-state index in [-0.39, 0.29) is 0 Å². The summed E-state index contributed by atoms with van der Waals surface area (Å²) in [5.41, 5.74) is 11.5. The van der Waals surface area contributed by atoms with Crippen molar-refractivity contribution in [3.05, 3.63) is 46.8 Å². The molecular formula is C15H21N3. The summed E-state index contributed by atoms with van der Waals surface area (Å²) in [4.78, 5) is 0. The number of rotatable bonds is 3. The Morgan fingerprint density at radius 3 is 2.28 bits per heavy atom. The summed E-state index contributed by atoms with van der Waals surface area (Å²) in [6, 6.07) is 8.48. The molecule has 1 aromatic carbocycles. The van der Waals surface area contributed by atoms with Crippen molar-refractivity contribution in [3.8, 4) is 0 Å². The number of benzene rings is 1.